The molecule has 0 bridgehead atoms. The van der Waals surface area contributed by atoms with Crippen molar-refractivity contribution in [2.24, 2.45) is 28.1 Å². The number of allylic oxidation sites excluding steroid dienone is 2. The lowest BCUT2D eigenvalue weighted by Gasteiger charge is -2.59. The smallest absolute Gasteiger partial charge is 0.335 e. The molecule has 9 nitrogen and oxygen atoms in total. The molecule has 3 fully saturated rings. The molecule has 11 atom stereocenters. The lowest BCUT2D eigenvalue weighted by atomic mass is 9.45. The van der Waals surface area contributed by atoms with Crippen molar-refractivity contribution >= 4 is 23.4 Å². The Morgan fingerprint density at radius 1 is 1.19 bits per heavy atom. The number of fused-ring (bicyclic) bond motifs is 3. The fraction of sp³-hybridized carbons (Fsp3) is 0.846. The summed E-state index contributed by atoms with van der Waals surface area (Å²) >= 11 is 5.98. The summed E-state index contributed by atoms with van der Waals surface area (Å²) in [6.07, 6.45) is -2.56. The minimum absolute atomic E-state index is 0.0423. The Hall–Kier alpha value is -1.07. The zero-order valence-corrected chi connectivity index (χ0v) is 21.9. The van der Waals surface area contributed by atoms with Crippen molar-refractivity contribution in [1.82, 2.24) is 0 Å². The van der Waals surface area contributed by atoms with Crippen LogP contribution in [-0.2, 0) is 19.1 Å². The number of rotatable bonds is 6. The lowest BCUT2D eigenvalue weighted by Crippen LogP contribution is -2.61. The molecule has 4 aliphatic rings. The summed E-state index contributed by atoms with van der Waals surface area (Å²) in [6, 6.07) is 0. The molecule has 0 amide bonds. The van der Waals surface area contributed by atoms with E-state index in [9.17, 15) is 35.1 Å². The minimum atomic E-state index is -1.80. The maximum atomic E-state index is 13.3. The lowest BCUT2D eigenvalue weighted by molar-refractivity contribution is -0.300. The van der Waals surface area contributed by atoms with Crippen LogP contribution in [0, 0.1) is 28.1 Å². The number of aliphatic carboxylic acids is 1. The number of aliphatic hydroxyl groups is 4. The van der Waals surface area contributed by atoms with Gasteiger partial charge in [0.15, 0.2) is 12.4 Å². The molecule has 0 aromatic rings. The zero-order chi connectivity index (χ0) is 26.6. The van der Waals surface area contributed by atoms with Crippen LogP contribution in [-0.4, -0.2) is 86.6 Å². The standard InChI is InChI=1S/C26H39ClO9/c1-24(17(29)11-27)8-6-14-13(10-24)4-5-15-25(14,2)9-7-16(28)26(15,3)12-35-23-20(32)18(30)19(31)21(36-23)22(33)34/h4,14-15,17-21,23,29-32H,5-12H2,1-3H3,(H,33,34). The predicted molar refractivity (Wildman–Crippen MR) is 129 cm³/mol. The van der Waals surface area contributed by atoms with Gasteiger partial charge in [0.05, 0.1) is 18.1 Å². The average Bonchev–Trinajstić information content (AvgIpc) is 2.83. The summed E-state index contributed by atoms with van der Waals surface area (Å²) in [5, 5.41) is 50.3. The van der Waals surface area contributed by atoms with Crippen LogP contribution >= 0.6 is 11.6 Å². The molecule has 0 aromatic carbocycles. The molecule has 2 saturated carbocycles. The fourth-order valence-electron chi connectivity index (χ4n) is 7.38. The maximum absolute atomic E-state index is 13.3. The molecule has 4 rings (SSSR count). The van der Waals surface area contributed by atoms with E-state index in [4.69, 9.17) is 21.1 Å². The average molecular weight is 531 g/mol. The number of carbonyl (C=O) groups excluding carboxylic acids is 1. The van der Waals surface area contributed by atoms with Gasteiger partial charge >= 0.3 is 5.97 Å². The van der Waals surface area contributed by atoms with Gasteiger partial charge in [-0.1, -0.05) is 32.4 Å². The van der Waals surface area contributed by atoms with E-state index < -0.39 is 48.2 Å². The first-order valence-electron chi connectivity index (χ1n) is 12.8. The highest BCUT2D eigenvalue weighted by atomic mass is 35.5. The van der Waals surface area contributed by atoms with Crippen LogP contribution in [0.5, 0.6) is 0 Å². The van der Waals surface area contributed by atoms with Crippen molar-refractivity contribution in [2.45, 2.75) is 96.1 Å². The van der Waals surface area contributed by atoms with Crippen LogP contribution < -0.4 is 0 Å². The predicted octanol–water partition coefficient (Wildman–Crippen LogP) is 1.62. The Bertz CT molecular complexity index is 910. The number of ketones is 1. The SMILES string of the molecule is CC1(C(O)CCl)CCC2C(=CCC3C(C)(COC4OC(C(=O)O)C(O)C(O)C4O)C(=O)CCC23C)C1. The van der Waals surface area contributed by atoms with E-state index in [0.717, 1.165) is 25.7 Å². The highest BCUT2D eigenvalue weighted by molar-refractivity contribution is 6.18. The molecule has 0 radical (unpaired) electrons. The van der Waals surface area contributed by atoms with Gasteiger partial charge in [-0.3, -0.25) is 4.79 Å². The summed E-state index contributed by atoms with van der Waals surface area (Å²) in [6.45, 7) is 6.06. The molecule has 1 saturated heterocycles. The molecule has 1 aliphatic heterocycles. The third kappa shape index (κ3) is 4.44. The van der Waals surface area contributed by atoms with Gasteiger partial charge in [-0.15, -0.1) is 11.6 Å². The third-order valence-electron chi connectivity index (χ3n) is 9.88. The van der Waals surface area contributed by atoms with E-state index in [0.29, 0.717) is 12.8 Å². The van der Waals surface area contributed by atoms with Gasteiger partial charge in [0, 0.05) is 12.3 Å². The summed E-state index contributed by atoms with van der Waals surface area (Å²) in [5.41, 5.74) is -0.0371. The number of carboxylic acid groups (broad SMARTS) is 1. The second-order valence-corrected chi connectivity index (χ2v) is 12.4. The van der Waals surface area contributed by atoms with Gasteiger partial charge in [-0.2, -0.15) is 0 Å². The van der Waals surface area contributed by atoms with Crippen molar-refractivity contribution in [3.63, 3.8) is 0 Å². The molecule has 0 aromatic heterocycles. The molecule has 0 spiro atoms. The van der Waals surface area contributed by atoms with Crippen molar-refractivity contribution < 1.29 is 44.6 Å². The molecule has 11 unspecified atom stereocenters. The Morgan fingerprint density at radius 2 is 1.89 bits per heavy atom. The summed E-state index contributed by atoms with van der Waals surface area (Å²) in [4.78, 5) is 24.8. The van der Waals surface area contributed by atoms with Gasteiger partial charge in [0.2, 0.25) is 0 Å². The summed E-state index contributed by atoms with van der Waals surface area (Å²) in [7, 11) is 0. The third-order valence-corrected chi connectivity index (χ3v) is 10.2. The Morgan fingerprint density at radius 3 is 2.53 bits per heavy atom. The van der Waals surface area contributed by atoms with E-state index in [1.807, 2.05) is 6.92 Å². The number of carboxylic acids is 1. The van der Waals surface area contributed by atoms with E-state index in [1.165, 1.54) is 5.57 Å². The van der Waals surface area contributed by atoms with Gasteiger partial charge in [-0.05, 0) is 54.8 Å². The van der Waals surface area contributed by atoms with Gasteiger partial charge in [0.1, 0.15) is 24.1 Å². The Kier molecular flexibility index (Phi) is 7.69. The molecular weight excluding hydrogens is 492 g/mol. The number of halogens is 1. The van der Waals surface area contributed by atoms with Crippen molar-refractivity contribution in [1.29, 1.82) is 0 Å². The second-order valence-electron chi connectivity index (χ2n) is 12.1. The first-order valence-corrected chi connectivity index (χ1v) is 13.3. The molecule has 1 heterocycles. The van der Waals surface area contributed by atoms with Crippen molar-refractivity contribution in [3.05, 3.63) is 11.6 Å². The molecule has 5 N–H and O–H groups in total. The van der Waals surface area contributed by atoms with Crippen LogP contribution in [0.25, 0.3) is 0 Å². The highest BCUT2D eigenvalue weighted by Crippen LogP contribution is 2.63. The summed E-state index contributed by atoms with van der Waals surface area (Å²) in [5.74, 6) is -1.02. The number of hydrogen-bond acceptors (Lipinski definition) is 8. The highest BCUT2D eigenvalue weighted by Gasteiger charge is 2.59. The molecule has 36 heavy (non-hydrogen) atoms. The van der Waals surface area contributed by atoms with Crippen molar-refractivity contribution in [3.8, 4) is 0 Å². The number of alkyl halides is 1. The van der Waals surface area contributed by atoms with Crippen molar-refractivity contribution in [2.75, 3.05) is 12.5 Å². The summed E-state index contributed by atoms with van der Waals surface area (Å²) < 4.78 is 11.1. The van der Waals surface area contributed by atoms with E-state index in [2.05, 4.69) is 19.9 Å². The van der Waals surface area contributed by atoms with Crippen LogP contribution in [0.15, 0.2) is 11.6 Å². The van der Waals surface area contributed by atoms with E-state index >= 15 is 0 Å². The quantitative estimate of drug-likeness (QED) is 0.254. The number of hydrogen-bond donors (Lipinski definition) is 5. The maximum Gasteiger partial charge on any atom is 0.335 e. The largest absolute Gasteiger partial charge is 0.479 e. The Balaban J connectivity index is 1.55. The van der Waals surface area contributed by atoms with Crippen LogP contribution in [0.1, 0.15) is 59.3 Å². The van der Waals surface area contributed by atoms with E-state index in [-0.39, 0.29) is 40.9 Å². The van der Waals surface area contributed by atoms with Gasteiger partial charge in [0.25, 0.3) is 0 Å². The fourth-order valence-corrected chi connectivity index (χ4v) is 7.75. The van der Waals surface area contributed by atoms with Gasteiger partial charge in [-0.25, -0.2) is 4.79 Å². The van der Waals surface area contributed by atoms with Crippen LogP contribution in [0.2, 0.25) is 0 Å². The topological polar surface area (TPSA) is 154 Å². The zero-order valence-electron chi connectivity index (χ0n) is 21.1. The van der Waals surface area contributed by atoms with Gasteiger partial charge < -0.3 is 35.0 Å². The molecular formula is C26H39ClO9. The number of carbonyl (C=O) groups is 2. The normalized spacial score (nSPS) is 47.9. The first kappa shape index (κ1) is 28.0. The molecule has 10 heteroatoms. The monoisotopic (exact) mass is 530 g/mol. The van der Waals surface area contributed by atoms with E-state index in [1.54, 1.807) is 0 Å². The first-order chi connectivity index (χ1) is 16.8. The Labute approximate surface area is 216 Å². The number of ether oxygens (including phenoxy) is 2. The molecule has 3 aliphatic carbocycles. The minimum Gasteiger partial charge on any atom is -0.479 e. The van der Waals surface area contributed by atoms with Crippen LogP contribution in [0.3, 0.4) is 0 Å². The number of Topliss-reactive ketones (excluding diaryl/α,β-unsaturated/α-hetero) is 1. The molecule has 204 valence electrons. The number of aliphatic hydroxyl groups excluding tert-OH is 4. The van der Waals surface area contributed by atoms with Crippen LogP contribution in [0.4, 0.5) is 0 Å². The second kappa shape index (κ2) is 9.91.